The molecule has 0 bridgehead atoms. The highest BCUT2D eigenvalue weighted by Gasteiger charge is 2.20. The van der Waals surface area contributed by atoms with Gasteiger partial charge in [-0.1, -0.05) is 104 Å². The summed E-state index contributed by atoms with van der Waals surface area (Å²) in [5.74, 6) is 0.837. The van der Waals surface area contributed by atoms with Crippen molar-refractivity contribution in [3.63, 3.8) is 0 Å². The summed E-state index contributed by atoms with van der Waals surface area (Å²) in [6, 6.07) is 0. The summed E-state index contributed by atoms with van der Waals surface area (Å²) in [5.41, 5.74) is 1.32. The number of hydrogen-bond donors (Lipinski definition) is 1. The van der Waals surface area contributed by atoms with Crippen molar-refractivity contribution in [1.29, 1.82) is 0 Å². The Morgan fingerprint density at radius 3 is 1.39 bits per heavy atom. The molecule has 0 spiro atoms. The first-order valence-electron chi connectivity index (χ1n) is 12.2. The Hall–Kier alpha value is -0.400. The van der Waals surface area contributed by atoms with Crippen molar-refractivity contribution in [2.24, 2.45) is 0 Å². The first-order chi connectivity index (χ1) is 13.7. The van der Waals surface area contributed by atoms with E-state index in [1.54, 1.807) is 0 Å². The Bertz CT molecular complexity index is 393. The van der Waals surface area contributed by atoms with Gasteiger partial charge in [-0.3, -0.25) is 0 Å². The van der Waals surface area contributed by atoms with E-state index in [1.165, 1.54) is 102 Å². The van der Waals surface area contributed by atoms with Gasteiger partial charge >= 0.3 is 8.25 Å². The molecule has 0 saturated heterocycles. The molecule has 3 nitrogen and oxygen atoms in total. The SMILES string of the molecule is CCCCCCCCC(CCCCCC)=C(CCCCCCCC)O[P+](=O)O. The third-order valence-corrected chi connectivity index (χ3v) is 5.88. The molecule has 28 heavy (non-hydrogen) atoms. The molecule has 0 aromatic carbocycles. The van der Waals surface area contributed by atoms with E-state index in [-0.39, 0.29) is 0 Å². The van der Waals surface area contributed by atoms with E-state index in [1.807, 2.05) is 0 Å². The molecule has 0 aliphatic rings. The smallest absolute Gasteiger partial charge is 0.234 e. The summed E-state index contributed by atoms with van der Waals surface area (Å²) in [6.07, 6.45) is 22.9. The topological polar surface area (TPSA) is 46.5 Å². The molecule has 0 aromatic rings. The highest BCUT2D eigenvalue weighted by atomic mass is 31.1. The summed E-state index contributed by atoms with van der Waals surface area (Å²) in [7, 11) is -2.56. The molecule has 0 saturated carbocycles. The summed E-state index contributed by atoms with van der Waals surface area (Å²) in [6.45, 7) is 6.72. The van der Waals surface area contributed by atoms with Gasteiger partial charge < -0.3 is 0 Å². The number of hydrogen-bond acceptors (Lipinski definition) is 2. The van der Waals surface area contributed by atoms with Crippen LogP contribution in [0.15, 0.2) is 11.3 Å². The minimum atomic E-state index is -2.56. The van der Waals surface area contributed by atoms with E-state index < -0.39 is 8.25 Å². The van der Waals surface area contributed by atoms with Crippen LogP contribution in [0.5, 0.6) is 0 Å². The molecule has 1 N–H and O–H groups in total. The molecule has 0 heterocycles. The van der Waals surface area contributed by atoms with E-state index in [9.17, 15) is 9.46 Å². The van der Waals surface area contributed by atoms with Gasteiger partial charge in [-0.15, -0.1) is 4.89 Å². The van der Waals surface area contributed by atoms with Gasteiger partial charge in [-0.25, -0.2) is 4.52 Å². The maximum absolute atomic E-state index is 11.4. The van der Waals surface area contributed by atoms with Crippen LogP contribution in [0, 0.1) is 0 Å². The molecule has 0 radical (unpaired) electrons. The lowest BCUT2D eigenvalue weighted by molar-refractivity contribution is 0.329. The maximum Gasteiger partial charge on any atom is 0.747 e. The van der Waals surface area contributed by atoms with Gasteiger partial charge in [0.15, 0.2) is 5.76 Å². The molecule has 0 fully saturated rings. The zero-order valence-electron chi connectivity index (χ0n) is 19.1. The third-order valence-electron chi connectivity index (χ3n) is 5.50. The summed E-state index contributed by atoms with van der Waals surface area (Å²) in [5, 5.41) is 0. The molecule has 0 amide bonds. The van der Waals surface area contributed by atoms with Crippen molar-refractivity contribution in [1.82, 2.24) is 0 Å². The second kappa shape index (κ2) is 21.3. The summed E-state index contributed by atoms with van der Waals surface area (Å²) in [4.78, 5) is 9.38. The van der Waals surface area contributed by atoms with Crippen molar-refractivity contribution in [3.8, 4) is 0 Å². The third kappa shape index (κ3) is 17.7. The molecule has 4 heteroatoms. The lowest BCUT2D eigenvalue weighted by Gasteiger charge is -2.12. The summed E-state index contributed by atoms with van der Waals surface area (Å²) >= 11 is 0. The van der Waals surface area contributed by atoms with Crippen LogP contribution in [0.25, 0.3) is 0 Å². The zero-order chi connectivity index (χ0) is 20.9. The Morgan fingerprint density at radius 1 is 0.607 bits per heavy atom. The number of unbranched alkanes of at least 4 members (excludes halogenated alkanes) is 13. The number of allylic oxidation sites excluding steroid dienone is 2. The maximum atomic E-state index is 11.4. The Morgan fingerprint density at radius 2 is 0.964 bits per heavy atom. The second-order valence-electron chi connectivity index (χ2n) is 8.20. The van der Waals surface area contributed by atoms with E-state index in [0.29, 0.717) is 0 Å². The lowest BCUT2D eigenvalue weighted by Crippen LogP contribution is -1.97. The second-order valence-corrected chi connectivity index (χ2v) is 8.86. The molecule has 166 valence electrons. The Labute approximate surface area is 176 Å². The van der Waals surface area contributed by atoms with E-state index >= 15 is 0 Å². The fraction of sp³-hybridized carbons (Fsp3) is 0.917. The van der Waals surface area contributed by atoms with Crippen LogP contribution in [-0.2, 0) is 9.09 Å². The predicted octanol–water partition coefficient (Wildman–Crippen LogP) is 9.38. The molecular weight excluding hydrogens is 367 g/mol. The first-order valence-corrected chi connectivity index (χ1v) is 13.3. The fourth-order valence-electron chi connectivity index (χ4n) is 3.73. The van der Waals surface area contributed by atoms with Crippen molar-refractivity contribution >= 4 is 8.25 Å². The van der Waals surface area contributed by atoms with Gasteiger partial charge in [0.25, 0.3) is 0 Å². The molecule has 1 unspecified atom stereocenters. The molecular formula is C24H48O3P+. The van der Waals surface area contributed by atoms with Gasteiger partial charge in [0.1, 0.15) is 0 Å². The first kappa shape index (κ1) is 27.6. The predicted molar refractivity (Wildman–Crippen MR) is 123 cm³/mol. The van der Waals surface area contributed by atoms with E-state index in [0.717, 1.165) is 31.4 Å². The lowest BCUT2D eigenvalue weighted by atomic mass is 9.97. The Kier molecular flexibility index (Phi) is 21.0. The van der Waals surface area contributed by atoms with Crippen LogP contribution in [0.4, 0.5) is 0 Å². The normalized spacial score (nSPS) is 12.8. The zero-order valence-corrected chi connectivity index (χ0v) is 20.0. The quantitative estimate of drug-likeness (QED) is 0.115. The van der Waals surface area contributed by atoms with Gasteiger partial charge in [0, 0.05) is 11.0 Å². The average molecular weight is 416 g/mol. The van der Waals surface area contributed by atoms with Crippen molar-refractivity contribution < 1.29 is 14.0 Å². The van der Waals surface area contributed by atoms with Crippen LogP contribution in [0.1, 0.15) is 143 Å². The van der Waals surface area contributed by atoms with Crippen LogP contribution >= 0.6 is 8.25 Å². The van der Waals surface area contributed by atoms with Gasteiger partial charge in [-0.2, -0.15) is 0 Å². The fourth-order valence-corrected chi connectivity index (χ4v) is 4.14. The van der Waals surface area contributed by atoms with Crippen LogP contribution in [-0.4, -0.2) is 4.89 Å². The highest BCUT2D eigenvalue weighted by molar-refractivity contribution is 7.32. The van der Waals surface area contributed by atoms with E-state index in [4.69, 9.17) is 4.52 Å². The van der Waals surface area contributed by atoms with E-state index in [2.05, 4.69) is 20.8 Å². The molecule has 0 aliphatic heterocycles. The highest BCUT2D eigenvalue weighted by Crippen LogP contribution is 2.31. The van der Waals surface area contributed by atoms with Crippen LogP contribution in [0.2, 0.25) is 0 Å². The van der Waals surface area contributed by atoms with Gasteiger partial charge in [-0.05, 0) is 37.7 Å². The standard InChI is InChI=1S/C24H47O3P/c1-4-7-10-13-15-18-21-23(20-17-12-9-6-3)24(27-28(25)26)22-19-16-14-11-8-5-2/h4-22H2,1-3H3/p+1. The Balaban J connectivity index is 4.69. The molecule has 1 atom stereocenters. The van der Waals surface area contributed by atoms with Crippen molar-refractivity contribution in [2.45, 2.75) is 143 Å². The van der Waals surface area contributed by atoms with Crippen LogP contribution < -0.4 is 0 Å². The largest absolute Gasteiger partial charge is 0.747 e. The van der Waals surface area contributed by atoms with Gasteiger partial charge in [0.2, 0.25) is 0 Å². The van der Waals surface area contributed by atoms with Gasteiger partial charge in [0.05, 0.1) is 0 Å². The number of rotatable bonds is 21. The summed E-state index contributed by atoms with van der Waals surface area (Å²) < 4.78 is 16.8. The average Bonchev–Trinajstić information content (AvgIpc) is 2.67. The molecule has 0 aliphatic carbocycles. The van der Waals surface area contributed by atoms with Crippen LogP contribution in [0.3, 0.4) is 0 Å². The minimum Gasteiger partial charge on any atom is -0.234 e. The monoisotopic (exact) mass is 415 g/mol. The van der Waals surface area contributed by atoms with Crippen molar-refractivity contribution in [3.05, 3.63) is 11.3 Å². The van der Waals surface area contributed by atoms with Crippen molar-refractivity contribution in [2.75, 3.05) is 0 Å². The molecule has 0 aromatic heterocycles. The molecule has 0 rings (SSSR count). The minimum absolute atomic E-state index is 0.826.